The molecule has 6 heteroatoms. The predicted octanol–water partition coefficient (Wildman–Crippen LogP) is 2.28. The molecule has 0 radical (unpaired) electrons. The van der Waals surface area contributed by atoms with Crippen molar-refractivity contribution in [2.24, 2.45) is 0 Å². The molecule has 0 aliphatic heterocycles. The predicted molar refractivity (Wildman–Crippen MR) is 89.8 cm³/mol. The number of aromatic nitrogens is 2. The van der Waals surface area contributed by atoms with Gasteiger partial charge in [-0.05, 0) is 44.0 Å². The van der Waals surface area contributed by atoms with Crippen LogP contribution in [-0.2, 0) is 6.42 Å². The zero-order valence-electron chi connectivity index (χ0n) is 13.7. The number of nitrogens with one attached hydrogen (secondary N) is 2. The van der Waals surface area contributed by atoms with Crippen molar-refractivity contribution in [1.82, 2.24) is 15.3 Å². The Bertz CT molecular complexity index is 659. The quantitative estimate of drug-likeness (QED) is 0.820. The van der Waals surface area contributed by atoms with Gasteiger partial charge in [-0.25, -0.2) is 9.97 Å². The van der Waals surface area contributed by atoms with Gasteiger partial charge in [0.15, 0.2) is 0 Å². The smallest absolute Gasteiger partial charge is 0.270 e. The summed E-state index contributed by atoms with van der Waals surface area (Å²) in [6.45, 7) is 4.49. The Morgan fingerprint density at radius 1 is 1.30 bits per heavy atom. The van der Waals surface area contributed by atoms with Crippen molar-refractivity contribution in [3.63, 3.8) is 0 Å². The molecule has 0 unspecified atom stereocenters. The van der Waals surface area contributed by atoms with Crippen LogP contribution in [0.25, 0.3) is 0 Å². The normalized spacial score (nSPS) is 10.4. The molecule has 0 saturated carbocycles. The molecule has 1 heterocycles. The molecule has 23 heavy (non-hydrogen) atoms. The number of ether oxygens (including phenoxy) is 1. The van der Waals surface area contributed by atoms with Gasteiger partial charge in [0.05, 0.1) is 7.11 Å². The molecule has 0 aliphatic carbocycles. The number of rotatable bonds is 7. The van der Waals surface area contributed by atoms with Crippen molar-refractivity contribution in [3.05, 3.63) is 47.8 Å². The van der Waals surface area contributed by atoms with Crippen LogP contribution < -0.4 is 15.4 Å². The number of nitrogens with zero attached hydrogens (tertiary/aromatic N) is 2. The molecule has 0 aliphatic rings. The lowest BCUT2D eigenvalue weighted by atomic mass is 10.1. The van der Waals surface area contributed by atoms with Crippen LogP contribution in [0.2, 0.25) is 0 Å². The van der Waals surface area contributed by atoms with Crippen molar-refractivity contribution in [2.75, 3.05) is 19.0 Å². The lowest BCUT2D eigenvalue weighted by Gasteiger charge is -2.09. The van der Waals surface area contributed by atoms with Gasteiger partial charge in [0.1, 0.15) is 11.4 Å². The highest BCUT2D eigenvalue weighted by atomic mass is 16.5. The maximum Gasteiger partial charge on any atom is 0.270 e. The highest BCUT2D eigenvalue weighted by molar-refractivity contribution is 5.92. The maximum absolute atomic E-state index is 11.9. The summed E-state index contributed by atoms with van der Waals surface area (Å²) >= 11 is 0. The zero-order valence-corrected chi connectivity index (χ0v) is 13.7. The molecule has 0 fully saturated rings. The van der Waals surface area contributed by atoms with E-state index in [0.717, 1.165) is 17.7 Å². The summed E-state index contributed by atoms with van der Waals surface area (Å²) in [5, 5.41) is 5.95. The second kappa shape index (κ2) is 8.12. The molecular formula is C17H22N4O2. The standard InChI is InChI=1S/C17H22N4O2/c1-12(2)20-16(22)15-8-10-19-17(21-15)18-9-7-13-5-4-6-14(11-13)23-3/h4-6,8,10-12H,7,9H2,1-3H3,(H,20,22)(H,18,19,21). The summed E-state index contributed by atoms with van der Waals surface area (Å²) < 4.78 is 5.20. The van der Waals surface area contributed by atoms with Gasteiger partial charge in [0.25, 0.3) is 5.91 Å². The molecule has 122 valence electrons. The highest BCUT2D eigenvalue weighted by Gasteiger charge is 2.09. The molecule has 0 spiro atoms. The van der Waals surface area contributed by atoms with E-state index in [1.165, 1.54) is 0 Å². The van der Waals surface area contributed by atoms with Crippen molar-refractivity contribution >= 4 is 11.9 Å². The van der Waals surface area contributed by atoms with Crippen LogP contribution >= 0.6 is 0 Å². The number of benzene rings is 1. The van der Waals surface area contributed by atoms with E-state index in [1.54, 1.807) is 19.4 Å². The van der Waals surface area contributed by atoms with E-state index in [1.807, 2.05) is 38.1 Å². The van der Waals surface area contributed by atoms with Crippen molar-refractivity contribution in [2.45, 2.75) is 26.3 Å². The summed E-state index contributed by atoms with van der Waals surface area (Å²) in [6.07, 6.45) is 2.39. The molecule has 0 saturated heterocycles. The summed E-state index contributed by atoms with van der Waals surface area (Å²) in [5.41, 5.74) is 1.52. The number of anilines is 1. The van der Waals surface area contributed by atoms with Gasteiger partial charge >= 0.3 is 0 Å². The molecule has 1 aromatic carbocycles. The molecule has 2 N–H and O–H groups in total. The Labute approximate surface area is 136 Å². The van der Waals surface area contributed by atoms with Crippen LogP contribution in [0.4, 0.5) is 5.95 Å². The summed E-state index contributed by atoms with van der Waals surface area (Å²) in [5.74, 6) is 1.09. The fourth-order valence-corrected chi connectivity index (χ4v) is 2.05. The first-order valence-electron chi connectivity index (χ1n) is 7.59. The molecule has 1 amide bonds. The van der Waals surface area contributed by atoms with Gasteiger partial charge in [0, 0.05) is 18.8 Å². The minimum absolute atomic E-state index is 0.0712. The monoisotopic (exact) mass is 314 g/mol. The van der Waals surface area contributed by atoms with Gasteiger partial charge in [0.2, 0.25) is 5.95 Å². The van der Waals surface area contributed by atoms with Crippen molar-refractivity contribution in [1.29, 1.82) is 0 Å². The Kier molecular flexibility index (Phi) is 5.91. The number of amides is 1. The molecule has 6 nitrogen and oxygen atoms in total. The fraction of sp³-hybridized carbons (Fsp3) is 0.353. The summed E-state index contributed by atoms with van der Waals surface area (Å²) in [4.78, 5) is 20.3. The minimum Gasteiger partial charge on any atom is -0.497 e. The Balaban J connectivity index is 1.91. The third kappa shape index (κ3) is 5.25. The lowest BCUT2D eigenvalue weighted by Crippen LogP contribution is -2.31. The molecule has 0 bridgehead atoms. The van der Waals surface area contributed by atoms with E-state index in [4.69, 9.17) is 4.74 Å². The third-order valence-electron chi connectivity index (χ3n) is 3.14. The molecule has 2 rings (SSSR count). The Morgan fingerprint density at radius 2 is 2.13 bits per heavy atom. The van der Waals surface area contributed by atoms with Gasteiger partial charge in [-0.3, -0.25) is 4.79 Å². The average Bonchev–Trinajstić information content (AvgIpc) is 2.55. The van der Waals surface area contributed by atoms with Gasteiger partial charge in [-0.2, -0.15) is 0 Å². The molecular weight excluding hydrogens is 292 g/mol. The summed E-state index contributed by atoms with van der Waals surface area (Å²) in [7, 11) is 1.65. The van der Waals surface area contributed by atoms with Crippen LogP contribution in [0.5, 0.6) is 5.75 Å². The van der Waals surface area contributed by atoms with E-state index in [0.29, 0.717) is 18.2 Å². The molecule has 2 aromatic rings. The van der Waals surface area contributed by atoms with Gasteiger partial charge in [-0.1, -0.05) is 12.1 Å². The molecule has 1 aromatic heterocycles. The first-order valence-corrected chi connectivity index (χ1v) is 7.59. The van der Waals surface area contributed by atoms with Crippen LogP contribution in [0.1, 0.15) is 29.9 Å². The van der Waals surface area contributed by atoms with Crippen LogP contribution in [0.3, 0.4) is 0 Å². The minimum atomic E-state index is -0.196. The number of carbonyl (C=O) groups excluding carboxylic acids is 1. The van der Waals surface area contributed by atoms with Crippen molar-refractivity contribution in [3.8, 4) is 5.75 Å². The number of hydrogen-bond acceptors (Lipinski definition) is 5. The summed E-state index contributed by atoms with van der Waals surface area (Å²) in [6, 6.07) is 9.58. The van der Waals surface area contributed by atoms with Crippen molar-refractivity contribution < 1.29 is 9.53 Å². The first kappa shape index (κ1) is 16.7. The number of hydrogen-bond donors (Lipinski definition) is 2. The third-order valence-corrected chi connectivity index (χ3v) is 3.14. The van der Waals surface area contributed by atoms with Crippen LogP contribution in [-0.4, -0.2) is 35.6 Å². The number of carbonyl (C=O) groups is 1. The second-order valence-corrected chi connectivity index (χ2v) is 5.42. The topological polar surface area (TPSA) is 76.1 Å². The van der Waals surface area contributed by atoms with Gasteiger partial charge in [-0.15, -0.1) is 0 Å². The maximum atomic E-state index is 11.9. The van der Waals surface area contributed by atoms with E-state index < -0.39 is 0 Å². The Hall–Kier alpha value is -2.63. The van der Waals surface area contributed by atoms with Crippen LogP contribution in [0.15, 0.2) is 36.5 Å². The molecule has 0 atom stereocenters. The largest absolute Gasteiger partial charge is 0.497 e. The number of methoxy groups -OCH3 is 1. The van der Waals surface area contributed by atoms with Gasteiger partial charge < -0.3 is 15.4 Å². The lowest BCUT2D eigenvalue weighted by molar-refractivity contribution is 0.0938. The van der Waals surface area contributed by atoms with E-state index >= 15 is 0 Å². The van der Waals surface area contributed by atoms with Crippen LogP contribution in [0, 0.1) is 0 Å². The second-order valence-electron chi connectivity index (χ2n) is 5.42. The highest BCUT2D eigenvalue weighted by Crippen LogP contribution is 2.13. The Morgan fingerprint density at radius 3 is 2.87 bits per heavy atom. The van der Waals surface area contributed by atoms with E-state index in [2.05, 4.69) is 20.6 Å². The SMILES string of the molecule is COc1cccc(CCNc2nccc(C(=O)NC(C)C)n2)c1. The zero-order chi connectivity index (χ0) is 16.7. The van der Waals surface area contributed by atoms with E-state index in [-0.39, 0.29) is 11.9 Å². The first-order chi connectivity index (χ1) is 11.1. The van der Waals surface area contributed by atoms with E-state index in [9.17, 15) is 4.79 Å². The fourth-order valence-electron chi connectivity index (χ4n) is 2.05. The average molecular weight is 314 g/mol.